The first-order valence-electron chi connectivity index (χ1n) is 6.03. The molecule has 0 saturated carbocycles. The molecule has 0 atom stereocenters. The van der Waals surface area contributed by atoms with Gasteiger partial charge in [-0.15, -0.1) is 11.3 Å². The van der Waals surface area contributed by atoms with Gasteiger partial charge in [0.1, 0.15) is 9.90 Å². The lowest BCUT2D eigenvalue weighted by atomic mass is 10.1. The number of aromatic nitrogens is 3. The Kier molecular flexibility index (Phi) is 3.85. The lowest BCUT2D eigenvalue weighted by molar-refractivity contribution is 0.470. The zero-order chi connectivity index (χ0) is 15.0. The molecule has 0 spiro atoms. The highest BCUT2D eigenvalue weighted by atomic mass is 32.2. The van der Waals surface area contributed by atoms with Crippen LogP contribution in [0.4, 0.5) is 5.82 Å². The Morgan fingerprint density at radius 3 is 2.70 bits per heavy atom. The number of nitrogens with zero attached hydrogens (tertiary/aromatic N) is 3. The van der Waals surface area contributed by atoms with Gasteiger partial charge in [-0.3, -0.25) is 4.68 Å². The number of hydrogen-bond donors (Lipinski definition) is 2. The topological polar surface area (TPSA) is 103 Å². The number of nitrogen functional groups attached to an aromatic ring is 1. The first kappa shape index (κ1) is 14.9. The second kappa shape index (κ2) is 5.15. The number of nitrogens with one attached hydrogen (secondary N) is 1. The van der Waals surface area contributed by atoms with Crippen molar-refractivity contribution in [2.45, 2.75) is 37.8 Å². The van der Waals surface area contributed by atoms with Crippen LogP contribution in [0.1, 0.15) is 25.8 Å². The van der Waals surface area contributed by atoms with Crippen LogP contribution in [0.3, 0.4) is 0 Å². The van der Waals surface area contributed by atoms with E-state index >= 15 is 0 Å². The van der Waals surface area contributed by atoms with Crippen molar-refractivity contribution < 1.29 is 8.42 Å². The Labute approximate surface area is 121 Å². The summed E-state index contributed by atoms with van der Waals surface area (Å²) in [4.78, 5) is 4.14. The molecule has 2 rings (SSSR count). The highest BCUT2D eigenvalue weighted by Gasteiger charge is 2.32. The minimum Gasteiger partial charge on any atom is -0.381 e. The zero-order valence-electron chi connectivity index (χ0n) is 11.5. The predicted octanol–water partition coefficient (Wildman–Crippen LogP) is 1.16. The Bertz CT molecular complexity index is 688. The molecule has 0 radical (unpaired) electrons. The van der Waals surface area contributed by atoms with Crippen LogP contribution in [0.5, 0.6) is 0 Å². The molecule has 2 aromatic rings. The first-order chi connectivity index (χ1) is 9.26. The molecule has 7 nitrogen and oxygen atoms in total. The summed E-state index contributed by atoms with van der Waals surface area (Å²) in [6.07, 6.45) is 3.06. The molecule has 0 aliphatic rings. The summed E-state index contributed by atoms with van der Waals surface area (Å²) in [6.45, 7) is 5.92. The minimum absolute atomic E-state index is 0.00529. The van der Waals surface area contributed by atoms with Gasteiger partial charge in [-0.05, 0) is 20.8 Å². The van der Waals surface area contributed by atoms with Crippen LogP contribution in [0, 0.1) is 0 Å². The van der Waals surface area contributed by atoms with Gasteiger partial charge in [-0.1, -0.05) is 0 Å². The van der Waals surface area contributed by atoms with Crippen molar-refractivity contribution in [2.24, 2.45) is 0 Å². The smallest absolute Gasteiger partial charge is 0.246 e. The fourth-order valence-electron chi connectivity index (χ4n) is 1.75. The quantitative estimate of drug-likeness (QED) is 0.861. The standard InChI is InChI=1S/C11H17N5O2S2/c1-4-16-7-8(9(12)14-16)20(17,18)15-11(2,3)10-13-5-6-19-10/h5-7,15H,4H2,1-3H3,(H2,12,14). The van der Waals surface area contributed by atoms with Gasteiger partial charge >= 0.3 is 0 Å². The third-order valence-corrected chi connectivity index (χ3v) is 5.49. The summed E-state index contributed by atoms with van der Waals surface area (Å²) in [6, 6.07) is 0. The summed E-state index contributed by atoms with van der Waals surface area (Å²) >= 11 is 1.39. The maximum Gasteiger partial charge on any atom is 0.246 e. The maximum atomic E-state index is 12.4. The monoisotopic (exact) mass is 315 g/mol. The molecule has 0 aliphatic heterocycles. The second-order valence-electron chi connectivity index (χ2n) is 4.80. The Morgan fingerprint density at radius 2 is 2.20 bits per heavy atom. The molecule has 2 heterocycles. The number of anilines is 1. The van der Waals surface area contributed by atoms with Crippen LogP contribution < -0.4 is 10.5 Å². The molecule has 0 aliphatic carbocycles. The predicted molar refractivity (Wildman–Crippen MR) is 77.8 cm³/mol. The fraction of sp³-hybridized carbons (Fsp3) is 0.455. The molecule has 0 aromatic carbocycles. The van der Waals surface area contributed by atoms with Crippen molar-refractivity contribution in [3.63, 3.8) is 0 Å². The molecular weight excluding hydrogens is 298 g/mol. The van der Waals surface area contributed by atoms with E-state index in [1.165, 1.54) is 22.2 Å². The van der Waals surface area contributed by atoms with E-state index in [1.54, 1.807) is 25.4 Å². The lowest BCUT2D eigenvalue weighted by Crippen LogP contribution is -2.40. The lowest BCUT2D eigenvalue weighted by Gasteiger charge is -2.23. The number of sulfonamides is 1. The first-order valence-corrected chi connectivity index (χ1v) is 8.39. The van der Waals surface area contributed by atoms with Gasteiger partial charge in [0, 0.05) is 24.3 Å². The maximum absolute atomic E-state index is 12.4. The summed E-state index contributed by atoms with van der Waals surface area (Å²) in [5.41, 5.74) is 4.86. The van der Waals surface area contributed by atoms with Gasteiger partial charge in [-0.2, -0.15) is 9.82 Å². The number of hydrogen-bond acceptors (Lipinski definition) is 6. The Morgan fingerprint density at radius 1 is 1.50 bits per heavy atom. The van der Waals surface area contributed by atoms with Crippen molar-refractivity contribution in [2.75, 3.05) is 5.73 Å². The molecule has 0 amide bonds. The summed E-state index contributed by atoms with van der Waals surface area (Å²) in [5.74, 6) is -0.00529. The van der Waals surface area contributed by atoms with Crippen LogP contribution in [-0.4, -0.2) is 23.2 Å². The molecule has 3 N–H and O–H groups in total. The molecule has 2 aromatic heterocycles. The molecule has 0 saturated heterocycles. The second-order valence-corrected chi connectivity index (χ2v) is 7.35. The molecule has 9 heteroatoms. The number of rotatable bonds is 5. The van der Waals surface area contributed by atoms with E-state index < -0.39 is 15.6 Å². The van der Waals surface area contributed by atoms with E-state index in [0.717, 1.165) is 0 Å². The number of aryl methyl sites for hydroxylation is 1. The van der Waals surface area contributed by atoms with E-state index in [2.05, 4.69) is 14.8 Å². The van der Waals surface area contributed by atoms with Crippen LogP contribution >= 0.6 is 11.3 Å². The SMILES string of the molecule is CCn1cc(S(=O)(=O)NC(C)(C)c2nccs2)c(N)n1. The van der Waals surface area contributed by atoms with Gasteiger partial charge in [-0.25, -0.2) is 13.4 Å². The van der Waals surface area contributed by atoms with Gasteiger partial charge in [0.2, 0.25) is 10.0 Å². The summed E-state index contributed by atoms with van der Waals surface area (Å²) in [7, 11) is -3.76. The van der Waals surface area contributed by atoms with Crippen LogP contribution in [0.2, 0.25) is 0 Å². The molecule has 110 valence electrons. The molecule has 0 unspecified atom stereocenters. The van der Waals surface area contributed by atoms with E-state index in [9.17, 15) is 8.42 Å². The van der Waals surface area contributed by atoms with Gasteiger partial charge in [0.25, 0.3) is 0 Å². The number of thiazole rings is 1. The van der Waals surface area contributed by atoms with Crippen molar-refractivity contribution in [3.05, 3.63) is 22.8 Å². The van der Waals surface area contributed by atoms with E-state index in [4.69, 9.17) is 5.73 Å². The van der Waals surface area contributed by atoms with Crippen molar-refractivity contribution >= 4 is 27.2 Å². The van der Waals surface area contributed by atoms with Crippen LogP contribution in [0.15, 0.2) is 22.7 Å². The fourth-order valence-corrected chi connectivity index (χ4v) is 3.99. The van der Waals surface area contributed by atoms with Gasteiger partial charge < -0.3 is 5.73 Å². The van der Waals surface area contributed by atoms with Crippen LogP contribution in [0.25, 0.3) is 0 Å². The van der Waals surface area contributed by atoms with Gasteiger partial charge in [0.15, 0.2) is 5.82 Å². The average molecular weight is 315 g/mol. The normalized spacial score (nSPS) is 12.8. The largest absolute Gasteiger partial charge is 0.381 e. The number of nitrogens with two attached hydrogens (primary N) is 1. The Balaban J connectivity index is 2.34. The highest BCUT2D eigenvalue weighted by molar-refractivity contribution is 7.89. The van der Waals surface area contributed by atoms with Gasteiger partial charge in [0.05, 0.1) is 5.54 Å². The van der Waals surface area contributed by atoms with E-state index in [1.807, 2.05) is 6.92 Å². The van der Waals surface area contributed by atoms with Crippen molar-refractivity contribution in [1.82, 2.24) is 19.5 Å². The molecular formula is C11H17N5O2S2. The Hall–Kier alpha value is -1.45. The zero-order valence-corrected chi connectivity index (χ0v) is 13.1. The van der Waals surface area contributed by atoms with Crippen molar-refractivity contribution in [3.8, 4) is 0 Å². The molecule has 0 fully saturated rings. The highest BCUT2D eigenvalue weighted by Crippen LogP contribution is 2.26. The van der Waals surface area contributed by atoms with Crippen LogP contribution in [-0.2, 0) is 22.1 Å². The third-order valence-electron chi connectivity index (χ3n) is 2.72. The molecule has 0 bridgehead atoms. The van der Waals surface area contributed by atoms with Crippen molar-refractivity contribution in [1.29, 1.82) is 0 Å². The summed E-state index contributed by atoms with van der Waals surface area (Å²) < 4.78 is 29.0. The minimum atomic E-state index is -3.76. The third kappa shape index (κ3) is 2.84. The van der Waals surface area contributed by atoms with E-state index in [0.29, 0.717) is 11.6 Å². The molecule has 20 heavy (non-hydrogen) atoms. The average Bonchev–Trinajstić information content (AvgIpc) is 2.95. The summed E-state index contributed by atoms with van der Waals surface area (Å²) in [5, 5.41) is 6.43. The van der Waals surface area contributed by atoms with E-state index in [-0.39, 0.29) is 10.7 Å².